The van der Waals surface area contributed by atoms with Crippen molar-refractivity contribution in [1.82, 2.24) is 0 Å². The highest BCUT2D eigenvalue weighted by Gasteiger charge is 2.37. The highest BCUT2D eigenvalue weighted by molar-refractivity contribution is 6.34. The fraction of sp³-hybridized carbons (Fsp3) is 0.125. The maximum atomic E-state index is 12.9. The van der Waals surface area contributed by atoms with Gasteiger partial charge in [-0.1, -0.05) is 18.2 Å². The predicted molar refractivity (Wildman–Crippen MR) is 111 cm³/mol. The first-order valence-electron chi connectivity index (χ1n) is 9.53. The Morgan fingerprint density at radius 3 is 2.30 bits per heavy atom. The van der Waals surface area contributed by atoms with Crippen molar-refractivity contribution in [1.29, 1.82) is 0 Å². The van der Waals surface area contributed by atoms with Gasteiger partial charge in [0.2, 0.25) is 0 Å². The lowest BCUT2D eigenvalue weighted by Crippen LogP contribution is -2.29. The first-order chi connectivity index (χ1) is 14.5. The molecule has 0 spiro atoms. The molecule has 0 unspecified atom stereocenters. The van der Waals surface area contributed by atoms with Gasteiger partial charge in [-0.05, 0) is 67.9 Å². The number of ether oxygens (including phenoxy) is 2. The lowest BCUT2D eigenvalue weighted by molar-refractivity contribution is 0.0526. The molecule has 0 saturated carbocycles. The van der Waals surface area contributed by atoms with Gasteiger partial charge in [-0.3, -0.25) is 9.59 Å². The van der Waals surface area contributed by atoms with Crippen LogP contribution in [0.2, 0.25) is 0 Å². The van der Waals surface area contributed by atoms with Gasteiger partial charge in [-0.2, -0.15) is 0 Å². The molecule has 6 nitrogen and oxygen atoms in total. The molecule has 3 aromatic rings. The van der Waals surface area contributed by atoms with Crippen LogP contribution in [0.4, 0.5) is 5.69 Å². The van der Waals surface area contributed by atoms with E-state index in [0.717, 1.165) is 16.2 Å². The van der Waals surface area contributed by atoms with Crippen molar-refractivity contribution >= 4 is 23.5 Å². The average molecular weight is 401 g/mol. The van der Waals surface area contributed by atoms with E-state index in [-0.39, 0.29) is 23.3 Å². The summed E-state index contributed by atoms with van der Waals surface area (Å²) in [6.45, 7) is 3.88. The van der Waals surface area contributed by atoms with Crippen LogP contribution in [-0.4, -0.2) is 24.4 Å². The third kappa shape index (κ3) is 3.43. The van der Waals surface area contributed by atoms with E-state index in [0.29, 0.717) is 11.4 Å². The van der Waals surface area contributed by atoms with Gasteiger partial charge < -0.3 is 9.47 Å². The Hall–Kier alpha value is -3.93. The highest BCUT2D eigenvalue weighted by atomic mass is 16.5. The van der Waals surface area contributed by atoms with Crippen molar-refractivity contribution in [2.45, 2.75) is 13.8 Å². The SMILES string of the molecule is CCOC(=O)c1ccc2c(c1)C(=O)N(c1ccc(Oc3ccccc3C)cc1)C2=O. The molecule has 1 aliphatic rings. The number of amides is 2. The number of imide groups is 1. The molecule has 0 radical (unpaired) electrons. The maximum absolute atomic E-state index is 12.9. The fourth-order valence-electron chi connectivity index (χ4n) is 3.28. The maximum Gasteiger partial charge on any atom is 0.338 e. The van der Waals surface area contributed by atoms with Gasteiger partial charge in [0.05, 0.1) is 29.0 Å². The van der Waals surface area contributed by atoms with Gasteiger partial charge in [-0.15, -0.1) is 0 Å². The minimum atomic E-state index is -0.531. The zero-order chi connectivity index (χ0) is 21.3. The first-order valence-corrected chi connectivity index (χ1v) is 9.53. The molecule has 0 aromatic heterocycles. The van der Waals surface area contributed by atoms with Crippen LogP contribution in [0.1, 0.15) is 43.6 Å². The van der Waals surface area contributed by atoms with Crippen LogP contribution < -0.4 is 9.64 Å². The Labute approximate surface area is 173 Å². The molecule has 2 amide bonds. The van der Waals surface area contributed by atoms with Gasteiger partial charge >= 0.3 is 5.97 Å². The monoisotopic (exact) mass is 401 g/mol. The predicted octanol–water partition coefficient (Wildman–Crippen LogP) is 4.76. The Bertz CT molecular complexity index is 1150. The van der Waals surface area contributed by atoms with Crippen molar-refractivity contribution in [3.8, 4) is 11.5 Å². The molecule has 0 bridgehead atoms. The summed E-state index contributed by atoms with van der Waals surface area (Å²) >= 11 is 0. The molecule has 1 aliphatic heterocycles. The average Bonchev–Trinajstić information content (AvgIpc) is 3.00. The summed E-state index contributed by atoms with van der Waals surface area (Å²) in [5.74, 6) is -0.116. The van der Waals surface area contributed by atoms with Crippen molar-refractivity contribution in [2.24, 2.45) is 0 Å². The molecule has 0 aliphatic carbocycles. The van der Waals surface area contributed by atoms with Crippen molar-refractivity contribution in [2.75, 3.05) is 11.5 Å². The summed E-state index contributed by atoms with van der Waals surface area (Å²) in [5.41, 5.74) is 2.11. The minimum absolute atomic E-state index is 0.186. The number of nitrogens with zero attached hydrogens (tertiary/aromatic N) is 1. The van der Waals surface area contributed by atoms with Crippen molar-refractivity contribution in [3.05, 3.63) is 89.0 Å². The molecule has 150 valence electrons. The lowest BCUT2D eigenvalue weighted by Gasteiger charge is -2.15. The Morgan fingerprint density at radius 1 is 0.900 bits per heavy atom. The van der Waals surface area contributed by atoms with Crippen molar-refractivity contribution < 1.29 is 23.9 Å². The summed E-state index contributed by atoms with van der Waals surface area (Å²) in [6, 6.07) is 18.7. The lowest BCUT2D eigenvalue weighted by atomic mass is 10.1. The van der Waals surface area contributed by atoms with Gasteiger partial charge in [0.15, 0.2) is 0 Å². The summed E-state index contributed by atoms with van der Waals surface area (Å²) in [7, 11) is 0. The Morgan fingerprint density at radius 2 is 1.60 bits per heavy atom. The molecule has 0 atom stereocenters. The number of aryl methyl sites for hydroxylation is 1. The number of esters is 1. The molecule has 0 saturated heterocycles. The minimum Gasteiger partial charge on any atom is -0.462 e. The van der Waals surface area contributed by atoms with E-state index in [1.165, 1.54) is 18.2 Å². The van der Waals surface area contributed by atoms with Crippen molar-refractivity contribution in [3.63, 3.8) is 0 Å². The third-order valence-corrected chi connectivity index (χ3v) is 4.81. The van der Waals surface area contributed by atoms with E-state index < -0.39 is 17.8 Å². The van der Waals surface area contributed by atoms with Crippen LogP contribution in [0.3, 0.4) is 0 Å². The molecule has 6 heteroatoms. The molecule has 4 rings (SSSR count). The fourth-order valence-corrected chi connectivity index (χ4v) is 3.28. The first kappa shape index (κ1) is 19.4. The number of benzene rings is 3. The Balaban J connectivity index is 1.58. The zero-order valence-electron chi connectivity index (χ0n) is 16.5. The molecule has 3 aromatic carbocycles. The van der Waals surface area contributed by atoms with E-state index in [9.17, 15) is 14.4 Å². The number of para-hydroxylation sites is 1. The summed E-state index contributed by atoms with van der Waals surface area (Å²) in [6.07, 6.45) is 0. The smallest absolute Gasteiger partial charge is 0.338 e. The standard InChI is InChI=1S/C24H19NO5/c1-3-29-24(28)16-8-13-19-20(14-16)23(27)25(22(19)26)17-9-11-18(12-10-17)30-21-7-5-4-6-15(21)2/h4-14H,3H2,1-2H3. The van der Waals surface area contributed by atoms with E-state index in [4.69, 9.17) is 9.47 Å². The third-order valence-electron chi connectivity index (χ3n) is 4.81. The van der Waals surface area contributed by atoms with E-state index >= 15 is 0 Å². The van der Waals surface area contributed by atoms with E-state index in [1.807, 2.05) is 31.2 Å². The van der Waals surface area contributed by atoms with Crippen LogP contribution in [0.15, 0.2) is 66.7 Å². The highest BCUT2D eigenvalue weighted by Crippen LogP contribution is 2.32. The summed E-state index contributed by atoms with van der Waals surface area (Å²) in [4.78, 5) is 38.7. The van der Waals surface area contributed by atoms with Crippen LogP contribution >= 0.6 is 0 Å². The largest absolute Gasteiger partial charge is 0.462 e. The molecule has 0 fully saturated rings. The number of fused-ring (bicyclic) bond motifs is 1. The molecule has 1 heterocycles. The second-order valence-electron chi connectivity index (χ2n) is 6.79. The number of anilines is 1. The van der Waals surface area contributed by atoms with E-state index in [2.05, 4.69) is 0 Å². The summed E-state index contributed by atoms with van der Waals surface area (Å²) in [5, 5.41) is 0. The molecule has 0 N–H and O–H groups in total. The van der Waals surface area contributed by atoms with E-state index in [1.54, 1.807) is 31.2 Å². The van der Waals surface area contributed by atoms with Gasteiger partial charge in [0.25, 0.3) is 11.8 Å². The van der Waals surface area contributed by atoms with Gasteiger partial charge in [0, 0.05) is 0 Å². The van der Waals surface area contributed by atoms with Gasteiger partial charge in [0.1, 0.15) is 11.5 Å². The van der Waals surface area contributed by atoms with Crippen LogP contribution in [0, 0.1) is 6.92 Å². The second kappa shape index (κ2) is 7.83. The Kier molecular flexibility index (Phi) is 5.06. The topological polar surface area (TPSA) is 72.9 Å². The number of rotatable bonds is 5. The summed E-state index contributed by atoms with van der Waals surface area (Å²) < 4.78 is 10.8. The molecular weight excluding hydrogens is 382 g/mol. The number of hydrogen-bond acceptors (Lipinski definition) is 5. The van der Waals surface area contributed by atoms with Gasteiger partial charge in [-0.25, -0.2) is 9.69 Å². The van der Waals surface area contributed by atoms with Crippen LogP contribution in [0.5, 0.6) is 11.5 Å². The quantitative estimate of drug-likeness (QED) is 0.455. The normalized spacial score (nSPS) is 12.7. The molecular formula is C24H19NO5. The zero-order valence-corrected chi connectivity index (χ0v) is 16.5. The second-order valence-corrected chi connectivity index (χ2v) is 6.79. The number of hydrogen-bond donors (Lipinski definition) is 0. The number of carbonyl (C=O) groups excluding carboxylic acids is 3. The van der Waals surface area contributed by atoms with Crippen LogP contribution in [-0.2, 0) is 4.74 Å². The molecule has 30 heavy (non-hydrogen) atoms. The number of carbonyl (C=O) groups is 3. The van der Waals surface area contributed by atoms with Crippen LogP contribution in [0.25, 0.3) is 0 Å².